The van der Waals surface area contributed by atoms with Crippen LogP contribution in [0, 0.1) is 5.92 Å². The molecule has 1 saturated heterocycles. The van der Waals surface area contributed by atoms with Gasteiger partial charge in [-0.25, -0.2) is 0 Å². The molecule has 0 aromatic heterocycles. The number of hydrogen-bond acceptors (Lipinski definition) is 3. The van der Waals surface area contributed by atoms with E-state index < -0.39 is 0 Å². The fraction of sp³-hybridized carbons (Fsp3) is 0.917. The minimum atomic E-state index is 0. The summed E-state index contributed by atoms with van der Waals surface area (Å²) in [4.78, 5) is 13.9. The first-order valence-electron chi connectivity index (χ1n) is 6.17. The Balaban J connectivity index is 0.00000256. The van der Waals surface area contributed by atoms with Crippen molar-refractivity contribution in [2.75, 3.05) is 19.7 Å². The van der Waals surface area contributed by atoms with E-state index >= 15 is 0 Å². The number of rotatable bonds is 4. The van der Waals surface area contributed by atoms with E-state index in [4.69, 9.17) is 10.5 Å². The number of piperidine rings is 1. The Morgan fingerprint density at radius 1 is 1.53 bits per heavy atom. The number of hydrogen-bond donors (Lipinski definition) is 1. The quantitative estimate of drug-likeness (QED) is 0.836. The molecule has 0 aromatic carbocycles. The molecule has 102 valence electrons. The van der Waals surface area contributed by atoms with Crippen LogP contribution >= 0.6 is 12.4 Å². The van der Waals surface area contributed by atoms with Crippen LogP contribution < -0.4 is 5.73 Å². The SMILES string of the molecule is CC(C)OCC(=O)N1CCCC(C)C1CN.Cl. The van der Waals surface area contributed by atoms with Crippen molar-refractivity contribution >= 4 is 18.3 Å². The fourth-order valence-corrected chi connectivity index (χ4v) is 2.24. The first-order valence-corrected chi connectivity index (χ1v) is 6.17. The Morgan fingerprint density at radius 2 is 2.18 bits per heavy atom. The van der Waals surface area contributed by atoms with Crippen LogP contribution in [-0.2, 0) is 9.53 Å². The van der Waals surface area contributed by atoms with Crippen molar-refractivity contribution in [2.45, 2.75) is 45.8 Å². The number of amides is 1. The highest BCUT2D eigenvalue weighted by Gasteiger charge is 2.30. The fourth-order valence-electron chi connectivity index (χ4n) is 2.24. The number of carbonyl (C=O) groups excluding carboxylic acids is 1. The lowest BCUT2D eigenvalue weighted by Crippen LogP contribution is -2.52. The van der Waals surface area contributed by atoms with Crippen LogP contribution in [0.2, 0.25) is 0 Å². The summed E-state index contributed by atoms with van der Waals surface area (Å²) in [5, 5.41) is 0. The predicted molar refractivity (Wildman–Crippen MR) is 71.3 cm³/mol. The van der Waals surface area contributed by atoms with Crippen molar-refractivity contribution in [1.82, 2.24) is 4.90 Å². The van der Waals surface area contributed by atoms with Crippen LogP contribution in [0.15, 0.2) is 0 Å². The largest absolute Gasteiger partial charge is 0.369 e. The monoisotopic (exact) mass is 264 g/mol. The van der Waals surface area contributed by atoms with E-state index in [1.54, 1.807) is 0 Å². The van der Waals surface area contributed by atoms with Crippen molar-refractivity contribution in [1.29, 1.82) is 0 Å². The minimum Gasteiger partial charge on any atom is -0.369 e. The van der Waals surface area contributed by atoms with E-state index in [9.17, 15) is 4.79 Å². The Bertz CT molecular complexity index is 237. The summed E-state index contributed by atoms with van der Waals surface area (Å²) in [6.45, 7) is 7.60. The van der Waals surface area contributed by atoms with Gasteiger partial charge in [-0.3, -0.25) is 4.79 Å². The van der Waals surface area contributed by atoms with Crippen LogP contribution in [0.1, 0.15) is 33.6 Å². The number of likely N-dealkylation sites (tertiary alicyclic amines) is 1. The summed E-state index contributed by atoms with van der Waals surface area (Å²) in [5.74, 6) is 0.581. The van der Waals surface area contributed by atoms with Crippen LogP contribution in [0.5, 0.6) is 0 Å². The van der Waals surface area contributed by atoms with Gasteiger partial charge in [-0.15, -0.1) is 12.4 Å². The molecule has 1 rings (SSSR count). The number of ether oxygens (including phenoxy) is 1. The average Bonchev–Trinajstić information content (AvgIpc) is 2.25. The molecule has 0 aliphatic carbocycles. The Hall–Kier alpha value is -0.320. The highest BCUT2D eigenvalue weighted by molar-refractivity contribution is 5.85. The maximum atomic E-state index is 12.0. The number of carbonyl (C=O) groups is 1. The van der Waals surface area contributed by atoms with E-state index in [-0.39, 0.29) is 37.1 Å². The van der Waals surface area contributed by atoms with Crippen LogP contribution in [0.25, 0.3) is 0 Å². The van der Waals surface area contributed by atoms with Crippen molar-refractivity contribution in [3.8, 4) is 0 Å². The normalized spacial score (nSPS) is 24.6. The molecule has 0 aromatic rings. The summed E-state index contributed by atoms with van der Waals surface area (Å²) in [6.07, 6.45) is 2.34. The van der Waals surface area contributed by atoms with Gasteiger partial charge < -0.3 is 15.4 Å². The highest BCUT2D eigenvalue weighted by atomic mass is 35.5. The molecule has 2 N–H and O–H groups in total. The topological polar surface area (TPSA) is 55.6 Å². The zero-order valence-electron chi connectivity index (χ0n) is 11.0. The van der Waals surface area contributed by atoms with Crippen LogP contribution in [0.3, 0.4) is 0 Å². The van der Waals surface area contributed by atoms with E-state index in [0.29, 0.717) is 12.5 Å². The molecule has 2 unspecified atom stereocenters. The molecule has 1 aliphatic rings. The summed E-state index contributed by atoms with van der Waals surface area (Å²) in [6, 6.07) is 0.192. The van der Waals surface area contributed by atoms with Gasteiger partial charge in [0.25, 0.3) is 0 Å². The molecule has 1 fully saturated rings. The second-order valence-electron chi connectivity index (χ2n) is 4.87. The number of halogens is 1. The molecule has 1 amide bonds. The molecule has 2 atom stereocenters. The summed E-state index contributed by atoms with van der Waals surface area (Å²) < 4.78 is 5.35. The zero-order valence-corrected chi connectivity index (χ0v) is 11.8. The van der Waals surface area contributed by atoms with Crippen molar-refractivity contribution in [3.05, 3.63) is 0 Å². The first-order chi connectivity index (χ1) is 7.56. The second kappa shape index (κ2) is 7.90. The maximum Gasteiger partial charge on any atom is 0.248 e. The third-order valence-electron chi connectivity index (χ3n) is 3.22. The molecule has 1 aliphatic heterocycles. The van der Waals surface area contributed by atoms with Crippen LogP contribution in [-0.4, -0.2) is 42.6 Å². The van der Waals surface area contributed by atoms with Gasteiger partial charge in [-0.05, 0) is 32.6 Å². The van der Waals surface area contributed by atoms with Gasteiger partial charge in [-0.1, -0.05) is 6.92 Å². The summed E-state index contributed by atoms with van der Waals surface area (Å²) in [7, 11) is 0. The van der Waals surface area contributed by atoms with Gasteiger partial charge in [0.05, 0.1) is 6.10 Å². The average molecular weight is 265 g/mol. The van der Waals surface area contributed by atoms with E-state index in [1.807, 2.05) is 18.7 Å². The minimum absolute atomic E-state index is 0. The number of nitrogens with zero attached hydrogens (tertiary/aromatic N) is 1. The van der Waals surface area contributed by atoms with Gasteiger partial charge in [0.15, 0.2) is 0 Å². The number of nitrogens with two attached hydrogens (primary N) is 1. The third-order valence-corrected chi connectivity index (χ3v) is 3.22. The van der Waals surface area contributed by atoms with Gasteiger partial charge in [0.2, 0.25) is 5.91 Å². The second-order valence-corrected chi connectivity index (χ2v) is 4.87. The Morgan fingerprint density at radius 3 is 2.71 bits per heavy atom. The summed E-state index contributed by atoms with van der Waals surface area (Å²) in [5.41, 5.74) is 5.74. The van der Waals surface area contributed by atoms with Gasteiger partial charge in [0.1, 0.15) is 6.61 Å². The van der Waals surface area contributed by atoms with E-state index in [1.165, 1.54) is 0 Å². The lowest BCUT2D eigenvalue weighted by Gasteiger charge is -2.39. The lowest BCUT2D eigenvalue weighted by atomic mass is 9.91. The van der Waals surface area contributed by atoms with Crippen molar-refractivity contribution in [3.63, 3.8) is 0 Å². The van der Waals surface area contributed by atoms with E-state index in [0.717, 1.165) is 19.4 Å². The van der Waals surface area contributed by atoms with Crippen molar-refractivity contribution < 1.29 is 9.53 Å². The van der Waals surface area contributed by atoms with Gasteiger partial charge >= 0.3 is 0 Å². The molecule has 4 nitrogen and oxygen atoms in total. The molecule has 17 heavy (non-hydrogen) atoms. The molecule has 0 spiro atoms. The van der Waals surface area contributed by atoms with E-state index in [2.05, 4.69) is 6.92 Å². The van der Waals surface area contributed by atoms with Gasteiger partial charge in [-0.2, -0.15) is 0 Å². The molecule has 5 heteroatoms. The molecule has 0 saturated carbocycles. The van der Waals surface area contributed by atoms with Gasteiger partial charge in [0, 0.05) is 19.1 Å². The standard InChI is InChI=1S/C12H24N2O2.ClH/c1-9(2)16-8-12(15)14-6-4-5-10(3)11(14)7-13;/h9-11H,4-8,13H2,1-3H3;1H. The molecule has 0 radical (unpaired) electrons. The molecule has 1 heterocycles. The zero-order chi connectivity index (χ0) is 12.1. The Labute approximate surface area is 110 Å². The smallest absolute Gasteiger partial charge is 0.248 e. The summed E-state index contributed by atoms with van der Waals surface area (Å²) >= 11 is 0. The predicted octanol–water partition coefficient (Wildman–Crippen LogP) is 1.42. The van der Waals surface area contributed by atoms with Crippen molar-refractivity contribution in [2.24, 2.45) is 11.7 Å². The van der Waals surface area contributed by atoms with Crippen LogP contribution in [0.4, 0.5) is 0 Å². The maximum absolute atomic E-state index is 12.0. The Kier molecular flexibility index (Phi) is 7.75. The molecular weight excluding hydrogens is 240 g/mol. The molecule has 0 bridgehead atoms. The first kappa shape index (κ1) is 16.7. The lowest BCUT2D eigenvalue weighted by molar-refractivity contribution is -0.142. The molecular formula is C12H25ClN2O2. The third kappa shape index (κ3) is 4.82. The highest BCUT2D eigenvalue weighted by Crippen LogP contribution is 2.22.